The third kappa shape index (κ3) is 3.88. The maximum absolute atomic E-state index is 12.7. The van der Waals surface area contributed by atoms with Crippen molar-refractivity contribution in [3.8, 4) is 0 Å². The zero-order valence-electron chi connectivity index (χ0n) is 15.4. The van der Waals surface area contributed by atoms with Crippen LogP contribution >= 0.6 is 0 Å². The predicted molar refractivity (Wildman–Crippen MR) is 90.8 cm³/mol. The summed E-state index contributed by atoms with van der Waals surface area (Å²) < 4.78 is 5.23. The summed E-state index contributed by atoms with van der Waals surface area (Å²) in [5, 5.41) is 6.92. The van der Waals surface area contributed by atoms with E-state index in [1.54, 1.807) is 25.1 Å². The fraction of sp³-hybridized carbons (Fsp3) is 0.706. The van der Waals surface area contributed by atoms with Gasteiger partial charge in [0, 0.05) is 45.1 Å². The highest BCUT2D eigenvalue weighted by molar-refractivity contribution is 5.92. The van der Waals surface area contributed by atoms with Crippen LogP contribution in [0.5, 0.6) is 0 Å². The number of nitrogens with zero attached hydrogens (tertiary/aromatic N) is 3. The lowest BCUT2D eigenvalue weighted by Gasteiger charge is -2.24. The lowest BCUT2D eigenvalue weighted by Crippen LogP contribution is -2.46. The third-order valence-electron chi connectivity index (χ3n) is 4.54. The van der Waals surface area contributed by atoms with Gasteiger partial charge in [-0.05, 0) is 5.92 Å². The molecule has 2 atom stereocenters. The van der Waals surface area contributed by atoms with Crippen molar-refractivity contribution in [3.05, 3.63) is 17.5 Å². The molecule has 0 aromatic carbocycles. The molecule has 0 saturated carbocycles. The summed E-state index contributed by atoms with van der Waals surface area (Å²) >= 11 is 0. The highest BCUT2D eigenvalue weighted by Crippen LogP contribution is 2.26. The normalized spacial score (nSPS) is 20.8. The average Bonchev–Trinajstić information content (AvgIpc) is 3.13. The zero-order chi connectivity index (χ0) is 18.0. The number of likely N-dealkylation sites (tertiary alicyclic amines) is 1. The van der Waals surface area contributed by atoms with Crippen LogP contribution in [0.3, 0.4) is 0 Å². The van der Waals surface area contributed by atoms with Crippen LogP contribution < -0.4 is 5.32 Å². The summed E-state index contributed by atoms with van der Waals surface area (Å²) in [6.07, 6.45) is 0. The molecule has 7 heteroatoms. The van der Waals surface area contributed by atoms with E-state index in [1.807, 2.05) is 13.8 Å². The Hall–Kier alpha value is -2.05. The number of aromatic nitrogens is 1. The van der Waals surface area contributed by atoms with Gasteiger partial charge in [0.15, 0.2) is 5.69 Å². The molecule has 0 spiro atoms. The highest BCUT2D eigenvalue weighted by Gasteiger charge is 2.39. The molecule has 3 amide bonds. The zero-order valence-corrected chi connectivity index (χ0v) is 15.4. The summed E-state index contributed by atoms with van der Waals surface area (Å²) in [4.78, 5) is 27.9. The lowest BCUT2D eigenvalue weighted by molar-refractivity contribution is 0.0772. The molecule has 7 nitrogen and oxygen atoms in total. The molecule has 1 aliphatic heterocycles. The van der Waals surface area contributed by atoms with Crippen molar-refractivity contribution in [1.29, 1.82) is 0 Å². The van der Waals surface area contributed by atoms with Gasteiger partial charge in [0.25, 0.3) is 5.91 Å². The first-order chi connectivity index (χ1) is 11.2. The molecule has 2 rings (SSSR count). The Bertz CT molecular complexity index is 594. The Balaban J connectivity index is 2.10. The topological polar surface area (TPSA) is 78.7 Å². The van der Waals surface area contributed by atoms with Crippen molar-refractivity contribution in [1.82, 2.24) is 20.3 Å². The fourth-order valence-electron chi connectivity index (χ4n) is 2.93. The standard InChI is InChI=1S/C17H28N4O3/c1-10(2)12-8-21(9-14(12)18-17(23)20(5)6)16(22)13-7-15(11(3)4)24-19-13/h7,10-12,14H,8-9H2,1-6H3,(H,18,23)/t12-,14+/m0/s1. The number of hydrogen-bond donors (Lipinski definition) is 1. The van der Waals surface area contributed by atoms with Gasteiger partial charge in [0.2, 0.25) is 0 Å². The van der Waals surface area contributed by atoms with Crippen LogP contribution in [0.15, 0.2) is 10.6 Å². The molecule has 1 fully saturated rings. The van der Waals surface area contributed by atoms with Crippen molar-refractivity contribution in [2.75, 3.05) is 27.2 Å². The van der Waals surface area contributed by atoms with E-state index in [0.29, 0.717) is 30.5 Å². The second-order valence-corrected chi connectivity index (χ2v) is 7.34. The maximum Gasteiger partial charge on any atom is 0.317 e. The van der Waals surface area contributed by atoms with Gasteiger partial charge in [-0.2, -0.15) is 0 Å². The van der Waals surface area contributed by atoms with E-state index in [-0.39, 0.29) is 29.8 Å². The first-order valence-corrected chi connectivity index (χ1v) is 8.44. The van der Waals surface area contributed by atoms with Crippen LogP contribution in [0.25, 0.3) is 0 Å². The monoisotopic (exact) mass is 336 g/mol. The lowest BCUT2D eigenvalue weighted by atomic mass is 9.91. The first-order valence-electron chi connectivity index (χ1n) is 8.44. The van der Waals surface area contributed by atoms with E-state index in [0.717, 1.165) is 0 Å². The van der Waals surface area contributed by atoms with E-state index < -0.39 is 0 Å². The Kier molecular flexibility index (Phi) is 5.51. The van der Waals surface area contributed by atoms with Crippen LogP contribution in [-0.4, -0.2) is 60.1 Å². The van der Waals surface area contributed by atoms with E-state index >= 15 is 0 Å². The molecule has 134 valence electrons. The van der Waals surface area contributed by atoms with E-state index in [2.05, 4.69) is 24.3 Å². The summed E-state index contributed by atoms with van der Waals surface area (Å²) in [5.74, 6) is 1.33. The van der Waals surface area contributed by atoms with Crippen molar-refractivity contribution in [3.63, 3.8) is 0 Å². The average molecular weight is 336 g/mol. The summed E-state index contributed by atoms with van der Waals surface area (Å²) in [5.41, 5.74) is 0.334. The van der Waals surface area contributed by atoms with Crippen molar-refractivity contribution in [2.45, 2.75) is 39.7 Å². The van der Waals surface area contributed by atoms with Crippen LogP contribution in [0.1, 0.15) is 49.9 Å². The number of carbonyl (C=O) groups is 2. The molecular weight excluding hydrogens is 308 g/mol. The van der Waals surface area contributed by atoms with Gasteiger partial charge in [-0.25, -0.2) is 4.79 Å². The summed E-state index contributed by atoms with van der Waals surface area (Å²) in [6, 6.07) is 1.52. The van der Waals surface area contributed by atoms with Crippen molar-refractivity contribution in [2.24, 2.45) is 11.8 Å². The molecule has 2 heterocycles. The van der Waals surface area contributed by atoms with Crippen LogP contribution in [0, 0.1) is 11.8 Å². The molecule has 1 saturated heterocycles. The number of rotatable bonds is 4. The molecule has 0 bridgehead atoms. The van der Waals surface area contributed by atoms with Gasteiger partial charge in [0.1, 0.15) is 5.76 Å². The number of amides is 3. The number of nitrogens with one attached hydrogen (secondary N) is 1. The molecule has 1 aliphatic rings. The van der Waals surface area contributed by atoms with E-state index in [4.69, 9.17) is 4.52 Å². The number of urea groups is 1. The van der Waals surface area contributed by atoms with Gasteiger partial charge in [-0.15, -0.1) is 0 Å². The summed E-state index contributed by atoms with van der Waals surface area (Å²) in [6.45, 7) is 9.31. The van der Waals surface area contributed by atoms with Crippen LogP contribution in [0.4, 0.5) is 4.79 Å². The Morgan fingerprint density at radius 2 is 1.96 bits per heavy atom. The van der Waals surface area contributed by atoms with Gasteiger partial charge in [-0.3, -0.25) is 4.79 Å². The molecule has 0 aliphatic carbocycles. The van der Waals surface area contributed by atoms with E-state index in [9.17, 15) is 9.59 Å². The fourth-order valence-corrected chi connectivity index (χ4v) is 2.93. The van der Waals surface area contributed by atoms with Gasteiger partial charge >= 0.3 is 6.03 Å². The maximum atomic E-state index is 12.7. The Morgan fingerprint density at radius 3 is 2.46 bits per heavy atom. The van der Waals surface area contributed by atoms with Gasteiger partial charge < -0.3 is 19.6 Å². The van der Waals surface area contributed by atoms with Crippen LogP contribution in [0.2, 0.25) is 0 Å². The second-order valence-electron chi connectivity index (χ2n) is 7.34. The SMILES string of the molecule is CC(C)c1cc(C(=O)N2C[C@@H](NC(=O)N(C)C)[C@H](C(C)C)C2)no1. The number of carbonyl (C=O) groups excluding carboxylic acids is 2. The summed E-state index contributed by atoms with van der Waals surface area (Å²) in [7, 11) is 3.42. The highest BCUT2D eigenvalue weighted by atomic mass is 16.5. The molecule has 0 unspecified atom stereocenters. The van der Waals surface area contributed by atoms with E-state index in [1.165, 1.54) is 4.90 Å². The minimum Gasteiger partial charge on any atom is -0.360 e. The molecule has 24 heavy (non-hydrogen) atoms. The molecule has 1 aromatic heterocycles. The number of hydrogen-bond acceptors (Lipinski definition) is 4. The molecular formula is C17H28N4O3. The van der Waals surface area contributed by atoms with Gasteiger partial charge in [0.05, 0.1) is 6.04 Å². The second kappa shape index (κ2) is 7.23. The smallest absolute Gasteiger partial charge is 0.317 e. The Labute approximate surface area is 143 Å². The van der Waals surface area contributed by atoms with Crippen LogP contribution in [-0.2, 0) is 0 Å². The molecule has 0 radical (unpaired) electrons. The molecule has 1 N–H and O–H groups in total. The minimum absolute atomic E-state index is 0.0553. The van der Waals surface area contributed by atoms with Gasteiger partial charge in [-0.1, -0.05) is 32.9 Å². The third-order valence-corrected chi connectivity index (χ3v) is 4.54. The Morgan fingerprint density at radius 1 is 1.29 bits per heavy atom. The van der Waals surface area contributed by atoms with Crippen molar-refractivity contribution < 1.29 is 14.1 Å². The minimum atomic E-state index is -0.141. The predicted octanol–water partition coefficient (Wildman–Crippen LogP) is 2.17. The quantitative estimate of drug-likeness (QED) is 0.914. The van der Waals surface area contributed by atoms with Crippen molar-refractivity contribution >= 4 is 11.9 Å². The largest absolute Gasteiger partial charge is 0.360 e. The first kappa shape index (κ1) is 18.3. The molecule has 1 aromatic rings.